The summed E-state index contributed by atoms with van der Waals surface area (Å²) in [6.07, 6.45) is 0.108. The Morgan fingerprint density at radius 3 is 2.00 bits per heavy atom. The fraction of sp³-hybridized carbons (Fsp3) is 0.333. The Hall–Kier alpha value is -2.47. The lowest BCUT2D eigenvalue weighted by Crippen LogP contribution is -2.18. The average molecular weight is 387 g/mol. The lowest BCUT2D eigenvalue weighted by Gasteiger charge is -2.10. The molecule has 0 radical (unpaired) electrons. The average Bonchev–Trinajstić information content (AvgIpc) is 2.59. The maximum Gasteiger partial charge on any atom is 0.234 e. The molecule has 0 bridgehead atoms. The lowest BCUT2D eigenvalue weighted by atomic mass is 10.1. The molecule has 27 heavy (non-hydrogen) atoms. The highest BCUT2D eigenvalue weighted by Gasteiger charge is 2.07. The summed E-state index contributed by atoms with van der Waals surface area (Å²) < 4.78 is 5.57. The van der Waals surface area contributed by atoms with Crippen molar-refractivity contribution in [2.75, 3.05) is 22.1 Å². The van der Waals surface area contributed by atoms with Gasteiger partial charge in [-0.3, -0.25) is 9.59 Å². The maximum absolute atomic E-state index is 12.0. The van der Waals surface area contributed by atoms with Crippen LogP contribution < -0.4 is 15.4 Å². The summed E-state index contributed by atoms with van der Waals surface area (Å²) in [4.78, 5) is 24.0. The number of benzene rings is 2. The highest BCUT2D eigenvalue weighted by atomic mass is 32.2. The Morgan fingerprint density at radius 2 is 1.44 bits per heavy atom. The Balaban J connectivity index is 1.72. The van der Waals surface area contributed by atoms with Crippen molar-refractivity contribution in [1.82, 2.24) is 0 Å². The van der Waals surface area contributed by atoms with Crippen LogP contribution in [-0.2, 0) is 9.59 Å². The van der Waals surface area contributed by atoms with Gasteiger partial charge < -0.3 is 15.4 Å². The van der Waals surface area contributed by atoms with Crippen molar-refractivity contribution in [1.29, 1.82) is 0 Å². The molecule has 6 heteroatoms. The predicted octanol–water partition coefficient (Wildman–Crippen LogP) is 4.40. The molecule has 0 fully saturated rings. The molecular formula is C21H26N2O3S. The first kappa shape index (κ1) is 20.8. The molecule has 2 aromatic carbocycles. The van der Waals surface area contributed by atoms with Crippen molar-refractivity contribution in [3.63, 3.8) is 0 Å². The third-order valence-corrected chi connectivity index (χ3v) is 4.70. The van der Waals surface area contributed by atoms with E-state index in [9.17, 15) is 9.59 Å². The van der Waals surface area contributed by atoms with E-state index in [-0.39, 0.29) is 29.4 Å². The number of anilines is 2. The third-order valence-electron chi connectivity index (χ3n) is 3.77. The summed E-state index contributed by atoms with van der Waals surface area (Å²) >= 11 is 1.28. The van der Waals surface area contributed by atoms with E-state index in [1.807, 2.05) is 58.0 Å². The standard InChI is InChI=1S/C21H26N2O3S/c1-14(2)26-19-9-7-17(8-10-19)22-20(24)12-27-13-21(25)23-18-6-5-15(3)16(4)11-18/h5-11,14H,12-13H2,1-4H3,(H,22,24)(H,23,25). The van der Waals surface area contributed by atoms with Crippen LogP contribution in [-0.4, -0.2) is 29.4 Å². The van der Waals surface area contributed by atoms with E-state index in [0.29, 0.717) is 5.69 Å². The Bertz CT molecular complexity index is 789. The zero-order chi connectivity index (χ0) is 19.8. The first-order valence-corrected chi connectivity index (χ1v) is 10.0. The molecule has 0 aliphatic carbocycles. The van der Waals surface area contributed by atoms with Gasteiger partial charge in [0.1, 0.15) is 5.75 Å². The van der Waals surface area contributed by atoms with Crippen LogP contribution in [0.2, 0.25) is 0 Å². The number of hydrogen-bond acceptors (Lipinski definition) is 4. The Kier molecular flexibility index (Phi) is 7.73. The highest BCUT2D eigenvalue weighted by Crippen LogP contribution is 2.17. The van der Waals surface area contributed by atoms with Gasteiger partial charge >= 0.3 is 0 Å². The molecule has 2 aromatic rings. The Labute approximate surface area is 164 Å². The van der Waals surface area contributed by atoms with Gasteiger partial charge in [-0.15, -0.1) is 11.8 Å². The number of hydrogen-bond donors (Lipinski definition) is 2. The van der Waals surface area contributed by atoms with Gasteiger partial charge in [0.15, 0.2) is 0 Å². The van der Waals surface area contributed by atoms with Gasteiger partial charge in [0.2, 0.25) is 11.8 Å². The van der Waals surface area contributed by atoms with Crippen LogP contribution in [0.4, 0.5) is 11.4 Å². The summed E-state index contributed by atoms with van der Waals surface area (Å²) in [6, 6.07) is 13.0. The van der Waals surface area contributed by atoms with Crippen LogP contribution in [0.5, 0.6) is 5.75 Å². The largest absolute Gasteiger partial charge is 0.491 e. The van der Waals surface area contributed by atoms with E-state index < -0.39 is 0 Å². The molecule has 2 N–H and O–H groups in total. The van der Waals surface area contributed by atoms with Gasteiger partial charge in [-0.2, -0.15) is 0 Å². The minimum atomic E-state index is -0.142. The first-order chi connectivity index (χ1) is 12.8. The number of amides is 2. The molecular weight excluding hydrogens is 360 g/mol. The van der Waals surface area contributed by atoms with E-state index in [0.717, 1.165) is 17.0 Å². The van der Waals surface area contributed by atoms with Gasteiger partial charge in [-0.1, -0.05) is 6.07 Å². The van der Waals surface area contributed by atoms with Crippen molar-refractivity contribution in [2.24, 2.45) is 0 Å². The van der Waals surface area contributed by atoms with E-state index in [2.05, 4.69) is 10.6 Å². The van der Waals surface area contributed by atoms with E-state index in [1.54, 1.807) is 12.1 Å². The zero-order valence-electron chi connectivity index (χ0n) is 16.2. The van der Waals surface area contributed by atoms with Gasteiger partial charge in [0.05, 0.1) is 17.6 Å². The molecule has 0 spiro atoms. The normalized spacial score (nSPS) is 10.6. The van der Waals surface area contributed by atoms with Crippen LogP contribution in [0.3, 0.4) is 0 Å². The summed E-state index contributed by atoms with van der Waals surface area (Å²) in [5.41, 5.74) is 3.79. The topological polar surface area (TPSA) is 67.4 Å². The molecule has 0 heterocycles. The minimum absolute atomic E-state index is 0.108. The monoisotopic (exact) mass is 386 g/mol. The van der Waals surface area contributed by atoms with E-state index in [4.69, 9.17) is 4.74 Å². The zero-order valence-corrected chi connectivity index (χ0v) is 17.0. The molecule has 0 aromatic heterocycles. The van der Waals surface area contributed by atoms with Crippen molar-refractivity contribution in [2.45, 2.75) is 33.8 Å². The minimum Gasteiger partial charge on any atom is -0.491 e. The maximum atomic E-state index is 12.0. The van der Waals surface area contributed by atoms with E-state index >= 15 is 0 Å². The molecule has 0 atom stereocenters. The number of thioether (sulfide) groups is 1. The molecule has 0 aliphatic rings. The number of carbonyl (C=O) groups excluding carboxylic acids is 2. The second kappa shape index (κ2) is 10.0. The smallest absolute Gasteiger partial charge is 0.234 e. The van der Waals surface area contributed by atoms with Crippen LogP contribution in [0.25, 0.3) is 0 Å². The third kappa shape index (κ3) is 7.35. The van der Waals surface area contributed by atoms with Crippen molar-refractivity contribution >= 4 is 35.0 Å². The Morgan fingerprint density at radius 1 is 0.889 bits per heavy atom. The number of aryl methyl sites for hydroxylation is 2. The molecule has 2 rings (SSSR count). The van der Waals surface area contributed by atoms with Crippen LogP contribution in [0, 0.1) is 13.8 Å². The van der Waals surface area contributed by atoms with Crippen molar-refractivity contribution in [3.05, 3.63) is 53.6 Å². The summed E-state index contributed by atoms with van der Waals surface area (Å²) in [5.74, 6) is 0.940. The quantitative estimate of drug-likeness (QED) is 0.706. The molecule has 144 valence electrons. The molecule has 0 unspecified atom stereocenters. The molecule has 0 saturated carbocycles. The van der Waals surface area contributed by atoms with Gasteiger partial charge in [0.25, 0.3) is 0 Å². The second-order valence-corrected chi connectivity index (χ2v) is 7.56. The van der Waals surface area contributed by atoms with E-state index in [1.165, 1.54) is 17.3 Å². The molecule has 0 saturated heterocycles. The van der Waals surface area contributed by atoms with Crippen LogP contribution in [0.15, 0.2) is 42.5 Å². The summed E-state index contributed by atoms with van der Waals surface area (Å²) in [6.45, 7) is 7.96. The fourth-order valence-electron chi connectivity index (χ4n) is 2.34. The van der Waals surface area contributed by atoms with Gasteiger partial charge in [-0.05, 0) is 75.2 Å². The summed E-state index contributed by atoms with van der Waals surface area (Å²) in [5, 5.41) is 5.66. The molecule has 0 aliphatic heterocycles. The van der Waals surface area contributed by atoms with Crippen LogP contribution in [0.1, 0.15) is 25.0 Å². The van der Waals surface area contributed by atoms with Gasteiger partial charge in [0, 0.05) is 11.4 Å². The summed E-state index contributed by atoms with van der Waals surface area (Å²) in [7, 11) is 0. The van der Waals surface area contributed by atoms with Crippen LogP contribution >= 0.6 is 11.8 Å². The number of ether oxygens (including phenoxy) is 1. The highest BCUT2D eigenvalue weighted by molar-refractivity contribution is 8.00. The number of nitrogens with one attached hydrogen (secondary N) is 2. The van der Waals surface area contributed by atoms with Crippen molar-refractivity contribution in [3.8, 4) is 5.75 Å². The predicted molar refractivity (Wildman–Crippen MR) is 113 cm³/mol. The fourth-order valence-corrected chi connectivity index (χ4v) is 2.96. The number of rotatable bonds is 8. The molecule has 2 amide bonds. The first-order valence-electron chi connectivity index (χ1n) is 8.85. The number of carbonyl (C=O) groups is 2. The molecule has 5 nitrogen and oxygen atoms in total. The van der Waals surface area contributed by atoms with Crippen molar-refractivity contribution < 1.29 is 14.3 Å². The SMILES string of the molecule is Cc1ccc(NC(=O)CSCC(=O)Nc2ccc(OC(C)C)cc2)cc1C. The second-order valence-electron chi connectivity index (χ2n) is 6.58. The lowest BCUT2D eigenvalue weighted by molar-refractivity contribution is -0.114. The van der Waals surface area contributed by atoms with Gasteiger partial charge in [-0.25, -0.2) is 0 Å².